The number of phenols is 1. The maximum absolute atomic E-state index is 10.7. The van der Waals surface area contributed by atoms with E-state index in [9.17, 15) is 5.11 Å². The van der Waals surface area contributed by atoms with Crippen LogP contribution in [0.4, 0.5) is 0 Å². The van der Waals surface area contributed by atoms with Crippen molar-refractivity contribution in [1.82, 2.24) is 0 Å². The van der Waals surface area contributed by atoms with E-state index in [1.807, 2.05) is 23.5 Å². The van der Waals surface area contributed by atoms with Gasteiger partial charge in [-0.2, -0.15) is 23.5 Å². The Bertz CT molecular complexity index is 536. The molecule has 1 N–H and O–H groups in total. The number of thioether (sulfide) groups is 2. The minimum atomic E-state index is 0.533. The molecule has 0 saturated heterocycles. The number of hydrogen-bond donors (Lipinski definition) is 1. The van der Waals surface area contributed by atoms with Crippen molar-refractivity contribution in [2.75, 3.05) is 11.5 Å². The lowest BCUT2D eigenvalue weighted by molar-refractivity contribution is 0.465. The summed E-state index contributed by atoms with van der Waals surface area (Å²) in [5.41, 5.74) is 6.39. The van der Waals surface area contributed by atoms with Crippen LogP contribution in [0.3, 0.4) is 0 Å². The molecular formula is C27H48OS2. The van der Waals surface area contributed by atoms with Gasteiger partial charge in [-0.1, -0.05) is 78.1 Å². The second-order valence-corrected chi connectivity index (χ2v) is 11.0. The van der Waals surface area contributed by atoms with Crippen LogP contribution in [0.25, 0.3) is 0 Å². The van der Waals surface area contributed by atoms with Crippen molar-refractivity contribution in [3.63, 3.8) is 0 Å². The molecule has 0 aromatic heterocycles. The van der Waals surface area contributed by atoms with Gasteiger partial charge in [0.2, 0.25) is 0 Å². The molecule has 1 rings (SSSR count). The van der Waals surface area contributed by atoms with E-state index in [1.165, 1.54) is 105 Å². The Morgan fingerprint density at radius 3 is 1.30 bits per heavy atom. The monoisotopic (exact) mass is 452 g/mol. The number of phenolic OH excluding ortho intramolecular Hbond substituents is 1. The highest BCUT2D eigenvalue weighted by atomic mass is 32.2. The molecule has 0 aliphatic heterocycles. The quantitative estimate of drug-likeness (QED) is 0.224. The molecule has 0 radical (unpaired) electrons. The topological polar surface area (TPSA) is 20.2 Å². The normalized spacial score (nSPS) is 11.4. The first-order valence-corrected chi connectivity index (χ1v) is 14.8. The lowest BCUT2D eigenvalue weighted by Crippen LogP contribution is -2.02. The van der Waals surface area contributed by atoms with Crippen molar-refractivity contribution in [2.24, 2.45) is 0 Å². The molecule has 0 fully saturated rings. The molecule has 0 amide bonds. The molecule has 1 nitrogen and oxygen atoms in total. The summed E-state index contributed by atoms with van der Waals surface area (Å²) in [5, 5.41) is 10.7. The summed E-state index contributed by atoms with van der Waals surface area (Å²) in [7, 11) is 0. The highest BCUT2D eigenvalue weighted by molar-refractivity contribution is 7.98. The lowest BCUT2D eigenvalue weighted by Gasteiger charge is -2.19. The standard InChI is InChI=1S/C27H48OS2/c1-6-8-10-12-14-16-18-29-20-25-22(3)26(24(5)27(28)23(25)4)21-30-19-17-15-13-11-9-7-2/h28H,6-21H2,1-5H3. The summed E-state index contributed by atoms with van der Waals surface area (Å²) < 4.78 is 0. The van der Waals surface area contributed by atoms with Gasteiger partial charge in [-0.05, 0) is 72.9 Å². The van der Waals surface area contributed by atoms with Gasteiger partial charge in [-0.15, -0.1) is 0 Å². The fourth-order valence-electron chi connectivity index (χ4n) is 4.06. The summed E-state index contributed by atoms with van der Waals surface area (Å²) in [6.07, 6.45) is 16.4. The smallest absolute Gasteiger partial charge is 0.122 e. The molecule has 0 unspecified atom stereocenters. The number of rotatable bonds is 18. The van der Waals surface area contributed by atoms with Gasteiger partial charge < -0.3 is 5.11 Å². The third-order valence-electron chi connectivity index (χ3n) is 6.30. The van der Waals surface area contributed by atoms with Crippen molar-refractivity contribution in [3.05, 3.63) is 27.8 Å². The van der Waals surface area contributed by atoms with Gasteiger partial charge in [0.05, 0.1) is 0 Å². The van der Waals surface area contributed by atoms with Gasteiger partial charge >= 0.3 is 0 Å². The molecule has 0 spiro atoms. The Hall–Kier alpha value is -0.280. The average molecular weight is 453 g/mol. The van der Waals surface area contributed by atoms with Crippen LogP contribution in [0, 0.1) is 20.8 Å². The Kier molecular flexibility index (Phi) is 16.0. The van der Waals surface area contributed by atoms with E-state index < -0.39 is 0 Å². The van der Waals surface area contributed by atoms with Gasteiger partial charge in [0.25, 0.3) is 0 Å². The van der Waals surface area contributed by atoms with Crippen molar-refractivity contribution in [2.45, 2.75) is 123 Å². The molecule has 0 saturated carbocycles. The molecule has 0 bridgehead atoms. The summed E-state index contributed by atoms with van der Waals surface area (Å²) >= 11 is 4.09. The van der Waals surface area contributed by atoms with E-state index >= 15 is 0 Å². The summed E-state index contributed by atoms with van der Waals surface area (Å²) in [6.45, 7) is 11.0. The van der Waals surface area contributed by atoms with E-state index in [0.717, 1.165) is 22.6 Å². The van der Waals surface area contributed by atoms with Gasteiger partial charge in [-0.25, -0.2) is 0 Å². The van der Waals surface area contributed by atoms with E-state index in [-0.39, 0.29) is 0 Å². The zero-order valence-electron chi connectivity index (χ0n) is 20.6. The van der Waals surface area contributed by atoms with E-state index in [2.05, 4.69) is 34.6 Å². The van der Waals surface area contributed by atoms with Crippen LogP contribution < -0.4 is 0 Å². The van der Waals surface area contributed by atoms with Crippen molar-refractivity contribution in [3.8, 4) is 5.75 Å². The van der Waals surface area contributed by atoms with Crippen LogP contribution in [-0.4, -0.2) is 16.6 Å². The molecule has 1 aromatic carbocycles. The Labute approximate surface area is 196 Å². The maximum atomic E-state index is 10.7. The molecule has 1 aromatic rings. The molecule has 0 atom stereocenters. The van der Waals surface area contributed by atoms with Gasteiger partial charge in [0, 0.05) is 11.5 Å². The Morgan fingerprint density at radius 2 is 0.900 bits per heavy atom. The van der Waals surface area contributed by atoms with Crippen molar-refractivity contribution >= 4 is 23.5 Å². The number of hydrogen-bond acceptors (Lipinski definition) is 3. The molecular weight excluding hydrogens is 404 g/mol. The molecule has 0 heterocycles. The summed E-state index contributed by atoms with van der Waals surface area (Å²) in [5.74, 6) is 5.08. The van der Waals surface area contributed by atoms with Crippen molar-refractivity contribution < 1.29 is 5.11 Å². The zero-order valence-corrected chi connectivity index (χ0v) is 22.2. The zero-order chi connectivity index (χ0) is 22.2. The SMILES string of the molecule is CCCCCCCCSCc1c(C)c(O)c(C)c(CSCCCCCCCC)c1C. The minimum absolute atomic E-state index is 0.533. The summed E-state index contributed by atoms with van der Waals surface area (Å²) in [4.78, 5) is 0. The fraction of sp³-hybridized carbons (Fsp3) is 0.778. The van der Waals surface area contributed by atoms with Gasteiger partial charge in [0.1, 0.15) is 5.75 Å². The van der Waals surface area contributed by atoms with E-state index in [1.54, 1.807) is 0 Å². The average Bonchev–Trinajstić information content (AvgIpc) is 2.74. The highest BCUT2D eigenvalue weighted by Crippen LogP contribution is 2.36. The van der Waals surface area contributed by atoms with Crippen LogP contribution >= 0.6 is 23.5 Å². The van der Waals surface area contributed by atoms with Crippen LogP contribution in [0.1, 0.15) is 119 Å². The first-order chi connectivity index (χ1) is 14.5. The predicted octanol–water partition coefficient (Wildman–Crippen LogP) is 9.50. The molecule has 0 aliphatic carbocycles. The molecule has 174 valence electrons. The first kappa shape index (κ1) is 27.8. The summed E-state index contributed by atoms with van der Waals surface area (Å²) in [6, 6.07) is 0. The van der Waals surface area contributed by atoms with E-state index in [4.69, 9.17) is 0 Å². The van der Waals surface area contributed by atoms with Crippen molar-refractivity contribution in [1.29, 1.82) is 0 Å². The first-order valence-electron chi connectivity index (χ1n) is 12.5. The largest absolute Gasteiger partial charge is 0.507 e. The number of aromatic hydroxyl groups is 1. The van der Waals surface area contributed by atoms with Crippen LogP contribution in [0.2, 0.25) is 0 Å². The van der Waals surface area contributed by atoms with Gasteiger partial charge in [0.15, 0.2) is 0 Å². The third kappa shape index (κ3) is 10.4. The Morgan fingerprint density at radius 1 is 0.533 bits per heavy atom. The lowest BCUT2D eigenvalue weighted by atomic mass is 9.94. The fourth-order valence-corrected chi connectivity index (χ4v) is 6.44. The molecule has 0 aliphatic rings. The highest BCUT2D eigenvalue weighted by Gasteiger charge is 2.16. The van der Waals surface area contributed by atoms with Gasteiger partial charge in [-0.3, -0.25) is 0 Å². The number of benzene rings is 1. The second-order valence-electron chi connectivity index (χ2n) is 8.82. The van der Waals surface area contributed by atoms with Crippen LogP contribution in [0.5, 0.6) is 5.75 Å². The molecule has 3 heteroatoms. The second kappa shape index (κ2) is 17.3. The maximum Gasteiger partial charge on any atom is 0.122 e. The molecule has 30 heavy (non-hydrogen) atoms. The van der Waals surface area contributed by atoms with Crippen LogP contribution in [-0.2, 0) is 11.5 Å². The predicted molar refractivity (Wildman–Crippen MR) is 141 cm³/mol. The minimum Gasteiger partial charge on any atom is -0.507 e. The van der Waals surface area contributed by atoms with Crippen LogP contribution in [0.15, 0.2) is 0 Å². The third-order valence-corrected chi connectivity index (χ3v) is 8.44. The Balaban J connectivity index is 2.48. The number of unbranched alkanes of at least 4 members (excludes halogenated alkanes) is 10. The van der Waals surface area contributed by atoms with E-state index in [0.29, 0.717) is 5.75 Å².